The number of hydrogen-bond donors (Lipinski definition) is 0. The molecule has 118 valence electrons. The van der Waals surface area contributed by atoms with Crippen molar-refractivity contribution in [2.45, 2.75) is 12.8 Å². The summed E-state index contributed by atoms with van der Waals surface area (Å²) in [5.41, 5.74) is 0. The largest absolute Gasteiger partial charge is 0.379 e. The van der Waals surface area contributed by atoms with Gasteiger partial charge in [0.2, 0.25) is 11.8 Å². The maximum Gasteiger partial charge on any atom is 0.233 e. The summed E-state index contributed by atoms with van der Waals surface area (Å²) in [5, 5.41) is 0.711. The summed E-state index contributed by atoms with van der Waals surface area (Å²) >= 11 is 6.00. The zero-order valence-corrected chi connectivity index (χ0v) is 13.4. The first-order valence-corrected chi connectivity index (χ1v) is 7.54. The van der Waals surface area contributed by atoms with E-state index in [1.54, 1.807) is 0 Å². The molecule has 2 amide bonds. The van der Waals surface area contributed by atoms with E-state index in [0.29, 0.717) is 24.4 Å². The molecule has 0 aromatic carbocycles. The van der Waals surface area contributed by atoms with Crippen LogP contribution in [-0.4, -0.2) is 61.0 Å². The number of hydrogen-bond acceptors (Lipinski definition) is 4. The van der Waals surface area contributed by atoms with Crippen molar-refractivity contribution >= 4 is 35.8 Å². The summed E-state index contributed by atoms with van der Waals surface area (Å²) < 4.78 is 5.29. The van der Waals surface area contributed by atoms with Crippen LogP contribution in [0, 0.1) is 11.8 Å². The van der Waals surface area contributed by atoms with Gasteiger partial charge in [0.1, 0.15) is 0 Å². The molecule has 5 nitrogen and oxygen atoms in total. The van der Waals surface area contributed by atoms with E-state index in [1.807, 2.05) is 6.08 Å². The van der Waals surface area contributed by atoms with E-state index in [4.69, 9.17) is 16.3 Å². The number of halogens is 2. The normalized spacial score (nSPS) is 30.0. The third kappa shape index (κ3) is 3.42. The van der Waals surface area contributed by atoms with Crippen molar-refractivity contribution in [3.05, 3.63) is 11.1 Å². The number of imide groups is 1. The highest BCUT2D eigenvalue weighted by atomic mass is 35.5. The average Bonchev–Trinajstić information content (AvgIpc) is 2.70. The number of fused-ring (bicyclic) bond motifs is 1. The smallest absolute Gasteiger partial charge is 0.233 e. The van der Waals surface area contributed by atoms with E-state index in [9.17, 15) is 9.59 Å². The number of carbonyl (C=O) groups is 2. The highest BCUT2D eigenvalue weighted by Gasteiger charge is 2.48. The van der Waals surface area contributed by atoms with Gasteiger partial charge in [-0.3, -0.25) is 19.4 Å². The molecule has 0 aromatic rings. The minimum atomic E-state index is -0.232. The third-order valence-corrected chi connectivity index (χ3v) is 4.71. The van der Waals surface area contributed by atoms with E-state index in [0.717, 1.165) is 32.8 Å². The van der Waals surface area contributed by atoms with Gasteiger partial charge in [-0.15, -0.1) is 12.4 Å². The maximum atomic E-state index is 12.3. The van der Waals surface area contributed by atoms with Crippen LogP contribution in [0.1, 0.15) is 12.8 Å². The Bertz CT molecular complexity index is 450. The second-order valence-corrected chi connectivity index (χ2v) is 6.07. The van der Waals surface area contributed by atoms with Crippen molar-refractivity contribution in [2.75, 3.05) is 39.4 Å². The fraction of sp³-hybridized carbons (Fsp3) is 0.714. The fourth-order valence-corrected chi connectivity index (χ4v) is 3.44. The van der Waals surface area contributed by atoms with Gasteiger partial charge in [-0.05, 0) is 12.8 Å². The molecule has 2 unspecified atom stereocenters. The van der Waals surface area contributed by atoms with Crippen molar-refractivity contribution in [3.8, 4) is 0 Å². The summed E-state index contributed by atoms with van der Waals surface area (Å²) in [7, 11) is 0. The van der Waals surface area contributed by atoms with Crippen LogP contribution in [0.15, 0.2) is 11.1 Å². The van der Waals surface area contributed by atoms with Crippen LogP contribution in [-0.2, 0) is 14.3 Å². The maximum absolute atomic E-state index is 12.3. The molecule has 3 rings (SSSR count). The lowest BCUT2D eigenvalue weighted by Crippen LogP contribution is -2.43. The third-order valence-electron chi connectivity index (χ3n) is 4.40. The van der Waals surface area contributed by atoms with E-state index in [-0.39, 0.29) is 36.1 Å². The molecule has 7 heteroatoms. The number of amides is 2. The van der Waals surface area contributed by atoms with Gasteiger partial charge in [0.15, 0.2) is 0 Å². The van der Waals surface area contributed by atoms with Gasteiger partial charge < -0.3 is 4.74 Å². The van der Waals surface area contributed by atoms with Crippen LogP contribution >= 0.6 is 24.0 Å². The van der Waals surface area contributed by atoms with Crippen LogP contribution in [0.4, 0.5) is 0 Å². The summed E-state index contributed by atoms with van der Waals surface area (Å²) in [5.74, 6) is -0.479. The summed E-state index contributed by atoms with van der Waals surface area (Å²) in [6.07, 6.45) is 2.99. The first kappa shape index (κ1) is 16.7. The molecule has 2 heterocycles. The van der Waals surface area contributed by atoms with Crippen LogP contribution in [0.2, 0.25) is 0 Å². The van der Waals surface area contributed by atoms with E-state index in [2.05, 4.69) is 4.90 Å². The van der Waals surface area contributed by atoms with Crippen molar-refractivity contribution in [1.29, 1.82) is 0 Å². The van der Waals surface area contributed by atoms with Gasteiger partial charge in [0.05, 0.1) is 25.0 Å². The predicted octanol–water partition coefficient (Wildman–Crippen LogP) is 1.26. The van der Waals surface area contributed by atoms with Gasteiger partial charge in [0, 0.05) is 31.2 Å². The summed E-state index contributed by atoms with van der Waals surface area (Å²) in [6.45, 7) is 4.43. The molecule has 0 saturated carbocycles. The molecule has 2 atom stereocenters. The Labute approximate surface area is 135 Å². The first-order valence-electron chi connectivity index (χ1n) is 7.16. The van der Waals surface area contributed by atoms with Crippen LogP contribution in [0.3, 0.4) is 0 Å². The molecule has 3 aliphatic rings. The molecule has 2 saturated heterocycles. The highest BCUT2D eigenvalue weighted by molar-refractivity contribution is 6.30. The minimum Gasteiger partial charge on any atom is -0.379 e. The second-order valence-electron chi connectivity index (χ2n) is 5.59. The van der Waals surface area contributed by atoms with Crippen LogP contribution in [0.5, 0.6) is 0 Å². The van der Waals surface area contributed by atoms with Crippen molar-refractivity contribution < 1.29 is 14.3 Å². The number of allylic oxidation sites excluding steroid dienone is 2. The molecule has 2 aliphatic heterocycles. The molecule has 0 spiro atoms. The molecule has 0 radical (unpaired) electrons. The summed E-state index contributed by atoms with van der Waals surface area (Å²) in [4.78, 5) is 28.3. The topological polar surface area (TPSA) is 49.9 Å². The van der Waals surface area contributed by atoms with Gasteiger partial charge in [-0.25, -0.2) is 0 Å². The summed E-state index contributed by atoms with van der Waals surface area (Å²) in [6, 6.07) is 0. The molecular formula is C14H20Cl2N2O3. The van der Waals surface area contributed by atoms with E-state index in [1.165, 1.54) is 4.90 Å². The molecule has 1 aliphatic carbocycles. The molecule has 0 aromatic heterocycles. The fourth-order valence-electron chi connectivity index (χ4n) is 3.18. The Morgan fingerprint density at radius 2 is 1.81 bits per heavy atom. The highest BCUT2D eigenvalue weighted by Crippen LogP contribution is 2.38. The Morgan fingerprint density at radius 3 is 2.52 bits per heavy atom. The monoisotopic (exact) mass is 334 g/mol. The Hall–Kier alpha value is -0.620. The van der Waals surface area contributed by atoms with Crippen LogP contribution in [0.25, 0.3) is 0 Å². The van der Waals surface area contributed by atoms with Gasteiger partial charge in [-0.2, -0.15) is 0 Å². The van der Waals surface area contributed by atoms with Gasteiger partial charge in [-0.1, -0.05) is 17.7 Å². The SMILES string of the molecule is Cl.O=C1C2CC=C(Cl)CC2C(=O)N1CCN1CCOCC1. The van der Waals surface area contributed by atoms with Gasteiger partial charge >= 0.3 is 0 Å². The molecule has 0 bridgehead atoms. The van der Waals surface area contributed by atoms with Crippen LogP contribution < -0.4 is 0 Å². The number of likely N-dealkylation sites (tertiary alicyclic amines) is 1. The van der Waals surface area contributed by atoms with E-state index < -0.39 is 0 Å². The Balaban J connectivity index is 0.00000161. The lowest BCUT2D eigenvalue weighted by atomic mass is 9.85. The van der Waals surface area contributed by atoms with Crippen molar-refractivity contribution in [2.24, 2.45) is 11.8 Å². The minimum absolute atomic E-state index is 0. The Kier molecular flexibility index (Phi) is 5.66. The quantitative estimate of drug-likeness (QED) is 0.729. The molecular weight excluding hydrogens is 315 g/mol. The lowest BCUT2D eigenvalue weighted by molar-refractivity contribution is -0.140. The molecule has 0 N–H and O–H groups in total. The zero-order chi connectivity index (χ0) is 14.1. The van der Waals surface area contributed by atoms with Gasteiger partial charge in [0.25, 0.3) is 0 Å². The van der Waals surface area contributed by atoms with E-state index >= 15 is 0 Å². The average molecular weight is 335 g/mol. The van der Waals surface area contributed by atoms with Crippen molar-refractivity contribution in [1.82, 2.24) is 9.80 Å². The standard InChI is InChI=1S/C14H19ClN2O3.ClH/c15-10-1-2-11-12(9-10)14(19)17(13(11)18)4-3-16-5-7-20-8-6-16;/h1,11-12H,2-9H2;1H. The number of rotatable bonds is 3. The lowest BCUT2D eigenvalue weighted by Gasteiger charge is -2.28. The second kappa shape index (κ2) is 7.09. The number of ether oxygens (including phenoxy) is 1. The predicted molar refractivity (Wildman–Crippen MR) is 81.4 cm³/mol. The first-order chi connectivity index (χ1) is 9.66. The number of nitrogens with zero attached hydrogens (tertiary/aromatic N) is 2. The number of carbonyl (C=O) groups excluding carboxylic acids is 2. The molecule has 21 heavy (non-hydrogen) atoms. The molecule has 2 fully saturated rings. The Morgan fingerprint density at radius 1 is 1.14 bits per heavy atom. The van der Waals surface area contributed by atoms with Crippen molar-refractivity contribution in [3.63, 3.8) is 0 Å². The zero-order valence-electron chi connectivity index (χ0n) is 11.8. The number of morpholine rings is 1.